The fraction of sp³-hybridized carbons (Fsp3) is 0.0870. The maximum absolute atomic E-state index is 13.3. The zero-order chi connectivity index (χ0) is 21.1. The molecule has 0 saturated carbocycles. The molecule has 1 amide bonds. The van der Waals surface area contributed by atoms with Gasteiger partial charge in [-0.25, -0.2) is 0 Å². The first kappa shape index (κ1) is 19.7. The van der Waals surface area contributed by atoms with E-state index in [0.717, 1.165) is 22.6 Å². The summed E-state index contributed by atoms with van der Waals surface area (Å²) in [5.41, 5.74) is 2.54. The Labute approximate surface area is 177 Å². The van der Waals surface area contributed by atoms with E-state index < -0.39 is 4.92 Å². The van der Waals surface area contributed by atoms with Crippen molar-refractivity contribution in [1.82, 2.24) is 0 Å². The van der Waals surface area contributed by atoms with Crippen LogP contribution in [-0.4, -0.2) is 17.9 Å². The highest BCUT2D eigenvalue weighted by Crippen LogP contribution is 2.48. The van der Waals surface area contributed by atoms with Gasteiger partial charge in [-0.1, -0.05) is 42.1 Å². The molecule has 150 valence electrons. The van der Waals surface area contributed by atoms with Crippen molar-refractivity contribution >= 4 is 35.1 Å². The molecule has 1 unspecified atom stereocenters. The van der Waals surface area contributed by atoms with Gasteiger partial charge >= 0.3 is 0 Å². The fourth-order valence-corrected chi connectivity index (χ4v) is 4.47. The van der Waals surface area contributed by atoms with Gasteiger partial charge < -0.3 is 4.74 Å². The third kappa shape index (κ3) is 3.92. The number of non-ortho nitro benzene ring substituents is 1. The van der Waals surface area contributed by atoms with Crippen LogP contribution in [0.25, 0.3) is 6.08 Å². The van der Waals surface area contributed by atoms with Crippen LogP contribution in [0.15, 0.2) is 83.8 Å². The van der Waals surface area contributed by atoms with Crippen molar-refractivity contribution in [1.29, 1.82) is 0 Å². The van der Waals surface area contributed by atoms with Crippen LogP contribution in [0.2, 0.25) is 0 Å². The quantitative estimate of drug-likeness (QED) is 0.314. The summed E-state index contributed by atoms with van der Waals surface area (Å²) >= 11 is 1.46. The van der Waals surface area contributed by atoms with Gasteiger partial charge in [0, 0.05) is 17.8 Å². The second kappa shape index (κ2) is 8.42. The molecule has 0 radical (unpaired) electrons. The summed E-state index contributed by atoms with van der Waals surface area (Å²) in [5, 5.41) is 10.6. The van der Waals surface area contributed by atoms with Crippen LogP contribution < -0.4 is 9.64 Å². The molecular weight excluding hydrogens is 400 g/mol. The summed E-state index contributed by atoms with van der Waals surface area (Å²) in [7, 11) is 1.62. The minimum absolute atomic E-state index is 0.0181. The standard InChI is InChI=1S/C23H18N2O4S/c1-29-20-13-9-17(10-14-20)23-24(18-5-3-2-4-6-18)22(26)21(30-23)15-16-7-11-19(12-8-16)25(27)28/h2-15,23H,1H3. The zero-order valence-corrected chi connectivity index (χ0v) is 16.9. The number of thioether (sulfide) groups is 1. The summed E-state index contributed by atoms with van der Waals surface area (Å²) in [5.74, 6) is 0.645. The van der Waals surface area contributed by atoms with E-state index in [-0.39, 0.29) is 17.0 Å². The topological polar surface area (TPSA) is 72.7 Å². The van der Waals surface area contributed by atoms with Gasteiger partial charge in [-0.3, -0.25) is 19.8 Å². The molecule has 0 N–H and O–H groups in total. The Hall–Kier alpha value is -3.58. The predicted octanol–water partition coefficient (Wildman–Crippen LogP) is 5.42. The second-order valence-corrected chi connectivity index (χ2v) is 7.73. The smallest absolute Gasteiger partial charge is 0.269 e. The van der Waals surface area contributed by atoms with Gasteiger partial charge in [0.05, 0.1) is 16.9 Å². The first-order valence-electron chi connectivity index (χ1n) is 9.22. The minimum atomic E-state index is -0.441. The largest absolute Gasteiger partial charge is 0.497 e. The lowest BCUT2D eigenvalue weighted by molar-refractivity contribution is -0.384. The number of ether oxygens (including phenoxy) is 1. The van der Waals surface area contributed by atoms with E-state index >= 15 is 0 Å². The molecule has 4 rings (SSSR count). The Kier molecular flexibility index (Phi) is 5.54. The predicted molar refractivity (Wildman–Crippen MR) is 118 cm³/mol. The van der Waals surface area contributed by atoms with Crippen molar-refractivity contribution in [3.63, 3.8) is 0 Å². The summed E-state index contributed by atoms with van der Waals surface area (Å²) in [6.07, 6.45) is 1.77. The molecule has 7 heteroatoms. The lowest BCUT2D eigenvalue weighted by Gasteiger charge is -2.23. The highest BCUT2D eigenvalue weighted by Gasteiger charge is 2.38. The lowest BCUT2D eigenvalue weighted by Crippen LogP contribution is -2.27. The van der Waals surface area contributed by atoms with Gasteiger partial charge in [0.25, 0.3) is 11.6 Å². The van der Waals surface area contributed by atoms with E-state index in [0.29, 0.717) is 4.91 Å². The molecule has 1 aliphatic heterocycles. The maximum atomic E-state index is 13.3. The number of nitrogens with zero attached hydrogens (tertiary/aromatic N) is 2. The average molecular weight is 418 g/mol. The van der Waals surface area contributed by atoms with Crippen molar-refractivity contribution in [3.8, 4) is 5.75 Å². The van der Waals surface area contributed by atoms with Crippen molar-refractivity contribution in [2.24, 2.45) is 0 Å². The number of hydrogen-bond donors (Lipinski definition) is 0. The number of hydrogen-bond acceptors (Lipinski definition) is 5. The molecule has 3 aromatic carbocycles. The number of para-hydroxylation sites is 1. The number of rotatable bonds is 5. The van der Waals surface area contributed by atoms with Gasteiger partial charge in [-0.15, -0.1) is 0 Å². The van der Waals surface area contributed by atoms with Gasteiger partial charge in [-0.05, 0) is 53.6 Å². The molecule has 1 fully saturated rings. The molecule has 6 nitrogen and oxygen atoms in total. The summed E-state index contributed by atoms with van der Waals surface area (Å²) in [4.78, 5) is 26.1. The molecule has 30 heavy (non-hydrogen) atoms. The van der Waals surface area contributed by atoms with E-state index in [2.05, 4.69) is 0 Å². The summed E-state index contributed by atoms with van der Waals surface area (Å²) in [6, 6.07) is 23.3. The average Bonchev–Trinajstić information content (AvgIpc) is 3.10. The third-order valence-electron chi connectivity index (χ3n) is 4.74. The Morgan fingerprint density at radius 1 is 1.00 bits per heavy atom. The van der Waals surface area contributed by atoms with Crippen LogP contribution in [0.4, 0.5) is 11.4 Å². The number of benzene rings is 3. The maximum Gasteiger partial charge on any atom is 0.269 e. The van der Waals surface area contributed by atoms with E-state index in [9.17, 15) is 14.9 Å². The SMILES string of the molecule is COc1ccc(C2SC(=Cc3ccc([N+](=O)[O-])cc3)C(=O)N2c2ccccc2)cc1. The zero-order valence-electron chi connectivity index (χ0n) is 16.1. The van der Waals surface area contributed by atoms with Crippen molar-refractivity contribution in [2.75, 3.05) is 12.0 Å². The van der Waals surface area contributed by atoms with Crippen LogP contribution in [0.5, 0.6) is 5.75 Å². The lowest BCUT2D eigenvalue weighted by atomic mass is 10.1. The fourth-order valence-electron chi connectivity index (χ4n) is 3.21. The number of methoxy groups -OCH3 is 1. The van der Waals surface area contributed by atoms with Crippen molar-refractivity contribution in [2.45, 2.75) is 5.37 Å². The molecule has 1 atom stereocenters. The van der Waals surface area contributed by atoms with Gasteiger partial charge in [0.2, 0.25) is 0 Å². The highest BCUT2D eigenvalue weighted by molar-refractivity contribution is 8.05. The van der Waals surface area contributed by atoms with E-state index in [1.165, 1.54) is 23.9 Å². The molecule has 3 aromatic rings. The number of anilines is 1. The number of nitro groups is 1. The highest BCUT2D eigenvalue weighted by atomic mass is 32.2. The van der Waals surface area contributed by atoms with E-state index in [1.54, 1.807) is 30.2 Å². The van der Waals surface area contributed by atoms with Crippen LogP contribution in [-0.2, 0) is 4.79 Å². The number of nitro benzene ring substituents is 1. The molecular formula is C23H18N2O4S. The summed E-state index contributed by atoms with van der Waals surface area (Å²) < 4.78 is 5.24. The van der Waals surface area contributed by atoms with Crippen LogP contribution >= 0.6 is 11.8 Å². The van der Waals surface area contributed by atoms with E-state index in [1.807, 2.05) is 54.6 Å². The van der Waals surface area contributed by atoms with Crippen molar-refractivity contribution in [3.05, 3.63) is 105 Å². The van der Waals surface area contributed by atoms with Gasteiger partial charge in [0.15, 0.2) is 0 Å². The molecule has 1 heterocycles. The van der Waals surface area contributed by atoms with Crippen LogP contribution in [0.1, 0.15) is 16.5 Å². The Balaban J connectivity index is 1.71. The van der Waals surface area contributed by atoms with Gasteiger partial charge in [-0.2, -0.15) is 0 Å². The number of carbonyl (C=O) groups excluding carboxylic acids is 1. The second-order valence-electron chi connectivity index (χ2n) is 6.61. The first-order chi connectivity index (χ1) is 14.6. The number of carbonyl (C=O) groups is 1. The Morgan fingerprint density at radius 3 is 2.27 bits per heavy atom. The molecule has 0 aromatic heterocycles. The Morgan fingerprint density at radius 2 is 1.67 bits per heavy atom. The normalized spacial score (nSPS) is 17.4. The monoisotopic (exact) mass is 418 g/mol. The summed E-state index contributed by atoms with van der Waals surface area (Å²) in [6.45, 7) is 0. The molecule has 0 aliphatic carbocycles. The van der Waals surface area contributed by atoms with Crippen LogP contribution in [0, 0.1) is 10.1 Å². The first-order valence-corrected chi connectivity index (χ1v) is 10.1. The molecule has 0 spiro atoms. The van der Waals surface area contributed by atoms with Crippen molar-refractivity contribution < 1.29 is 14.5 Å². The minimum Gasteiger partial charge on any atom is -0.497 e. The molecule has 1 aliphatic rings. The van der Waals surface area contributed by atoms with Gasteiger partial charge in [0.1, 0.15) is 11.1 Å². The van der Waals surface area contributed by atoms with E-state index in [4.69, 9.17) is 4.74 Å². The molecule has 1 saturated heterocycles. The number of amides is 1. The Bertz CT molecular complexity index is 1100. The third-order valence-corrected chi connectivity index (χ3v) is 5.99. The van der Waals surface area contributed by atoms with Crippen LogP contribution in [0.3, 0.4) is 0 Å². The molecule has 0 bridgehead atoms.